The molecule has 1 aromatic heterocycles. The van der Waals surface area contributed by atoms with Crippen LogP contribution in [-0.2, 0) is 4.79 Å². The van der Waals surface area contributed by atoms with Crippen molar-refractivity contribution < 1.29 is 9.59 Å². The zero-order chi connectivity index (χ0) is 17.8. The van der Waals surface area contributed by atoms with Gasteiger partial charge in [-0.2, -0.15) is 5.10 Å². The van der Waals surface area contributed by atoms with Crippen LogP contribution in [0.3, 0.4) is 0 Å². The molecule has 1 fully saturated rings. The van der Waals surface area contributed by atoms with Crippen molar-refractivity contribution in [3.05, 3.63) is 40.0 Å². The molecule has 7 nitrogen and oxygen atoms in total. The van der Waals surface area contributed by atoms with E-state index in [1.165, 1.54) is 0 Å². The second-order valence-electron chi connectivity index (χ2n) is 5.67. The van der Waals surface area contributed by atoms with Gasteiger partial charge in [-0.3, -0.25) is 14.3 Å². The Hall–Kier alpha value is -1.80. The van der Waals surface area contributed by atoms with Gasteiger partial charge in [0, 0.05) is 0 Å². The van der Waals surface area contributed by atoms with E-state index in [0.29, 0.717) is 12.1 Å². The fourth-order valence-corrected chi connectivity index (χ4v) is 3.37. The first kappa shape index (κ1) is 20.5. The van der Waals surface area contributed by atoms with E-state index < -0.39 is 5.91 Å². The molecule has 2 amide bonds. The number of carbonyl (C=O) groups excluding carboxylic acids is 2. The topological polar surface area (TPSA) is 88.1 Å². The molecule has 2 heterocycles. The van der Waals surface area contributed by atoms with Gasteiger partial charge >= 0.3 is 0 Å². The fraction of sp³-hybridized carbons (Fsp3) is 0.312. The first-order chi connectivity index (χ1) is 12.1. The van der Waals surface area contributed by atoms with Gasteiger partial charge in [-0.1, -0.05) is 29.3 Å². The van der Waals surface area contributed by atoms with E-state index >= 15 is 0 Å². The third-order valence-electron chi connectivity index (χ3n) is 4.05. The summed E-state index contributed by atoms with van der Waals surface area (Å²) in [6.07, 6.45) is 4.08. The highest BCUT2D eigenvalue weighted by Gasteiger charge is 2.21. The molecule has 10 heteroatoms. The Morgan fingerprint density at radius 3 is 2.54 bits per heavy atom. The quantitative estimate of drug-likeness (QED) is 0.650. The summed E-state index contributed by atoms with van der Waals surface area (Å²) in [5.74, 6) is -0.181. The monoisotopic (exact) mass is 417 g/mol. The average Bonchev–Trinajstić information content (AvgIpc) is 2.98. The van der Waals surface area contributed by atoms with Crippen LogP contribution in [0, 0.1) is 0 Å². The molecule has 140 valence electrons. The van der Waals surface area contributed by atoms with E-state index in [-0.39, 0.29) is 39.9 Å². The van der Waals surface area contributed by atoms with Gasteiger partial charge in [0.1, 0.15) is 5.69 Å². The fourth-order valence-electron chi connectivity index (χ4n) is 2.80. The van der Waals surface area contributed by atoms with E-state index in [1.807, 2.05) is 0 Å². The van der Waals surface area contributed by atoms with Gasteiger partial charge in [0.25, 0.3) is 5.91 Å². The highest BCUT2D eigenvalue weighted by molar-refractivity contribution is 6.40. The molecular formula is C16H18Cl3N5O2. The molecular weight excluding hydrogens is 401 g/mol. The van der Waals surface area contributed by atoms with E-state index in [4.69, 9.17) is 23.2 Å². The van der Waals surface area contributed by atoms with Crippen molar-refractivity contribution in [1.82, 2.24) is 15.1 Å². The first-order valence-electron chi connectivity index (χ1n) is 7.85. The second kappa shape index (κ2) is 9.23. The molecule has 1 aliphatic heterocycles. The lowest BCUT2D eigenvalue weighted by Crippen LogP contribution is -2.29. The number of anilines is 2. The Morgan fingerprint density at radius 1 is 1.27 bits per heavy atom. The van der Waals surface area contributed by atoms with Crippen molar-refractivity contribution in [1.29, 1.82) is 0 Å². The maximum absolute atomic E-state index is 12.6. The van der Waals surface area contributed by atoms with Gasteiger partial charge in [-0.25, -0.2) is 0 Å². The molecule has 1 aromatic carbocycles. The van der Waals surface area contributed by atoms with Crippen LogP contribution >= 0.6 is 35.6 Å². The van der Waals surface area contributed by atoms with Crippen LogP contribution in [0.15, 0.2) is 24.4 Å². The smallest absolute Gasteiger partial charge is 0.258 e. The number of nitrogens with one attached hydrogen (secondary N) is 3. The largest absolute Gasteiger partial charge is 0.317 e. The molecule has 1 aliphatic rings. The number of amides is 2. The molecule has 0 radical (unpaired) electrons. The minimum Gasteiger partial charge on any atom is -0.317 e. The predicted molar refractivity (Wildman–Crippen MR) is 105 cm³/mol. The number of hydrogen-bond acceptors (Lipinski definition) is 4. The molecule has 26 heavy (non-hydrogen) atoms. The standard InChI is InChI=1S/C16H17Cl2N5O2.ClH/c17-11-2-1-3-12(18)14(11)16(25)21-13-8-23(22-15(13)20-9-24)10-4-6-19-7-5-10;/h1-3,8-10,19H,4-7H2,(H,21,25)(H,20,22,24);1H. The van der Waals surface area contributed by atoms with Crippen LogP contribution in [0.5, 0.6) is 0 Å². The summed E-state index contributed by atoms with van der Waals surface area (Å²) < 4.78 is 1.77. The molecule has 0 unspecified atom stereocenters. The number of nitrogens with zero attached hydrogens (tertiary/aromatic N) is 2. The van der Waals surface area contributed by atoms with Crippen molar-refractivity contribution in [3.63, 3.8) is 0 Å². The third-order valence-corrected chi connectivity index (χ3v) is 4.68. The summed E-state index contributed by atoms with van der Waals surface area (Å²) in [4.78, 5) is 23.4. The number of halogens is 3. The van der Waals surface area contributed by atoms with Gasteiger partial charge in [-0.05, 0) is 38.1 Å². The first-order valence-corrected chi connectivity index (χ1v) is 8.61. The molecule has 0 bridgehead atoms. The van der Waals surface area contributed by atoms with E-state index in [2.05, 4.69) is 21.0 Å². The molecule has 0 aliphatic carbocycles. The average molecular weight is 419 g/mol. The minimum absolute atomic E-state index is 0. The van der Waals surface area contributed by atoms with Crippen LogP contribution in [0.2, 0.25) is 10.0 Å². The maximum atomic E-state index is 12.6. The summed E-state index contributed by atoms with van der Waals surface area (Å²) in [6.45, 7) is 1.80. The molecule has 0 spiro atoms. The van der Waals surface area contributed by atoms with E-state index in [0.717, 1.165) is 25.9 Å². The number of piperidine rings is 1. The summed E-state index contributed by atoms with van der Waals surface area (Å²) >= 11 is 12.1. The maximum Gasteiger partial charge on any atom is 0.258 e. The van der Waals surface area contributed by atoms with E-state index in [9.17, 15) is 9.59 Å². The van der Waals surface area contributed by atoms with Crippen LogP contribution in [0.25, 0.3) is 0 Å². The highest BCUT2D eigenvalue weighted by atomic mass is 35.5. The Balaban J connectivity index is 0.00000243. The molecule has 2 aromatic rings. The SMILES string of the molecule is Cl.O=CNc1nn(C2CCNCC2)cc1NC(=O)c1c(Cl)cccc1Cl. The van der Waals surface area contributed by atoms with Crippen LogP contribution in [-0.4, -0.2) is 35.2 Å². The Morgan fingerprint density at radius 2 is 1.92 bits per heavy atom. The van der Waals surface area contributed by atoms with Crippen molar-refractivity contribution in [2.75, 3.05) is 23.7 Å². The molecule has 1 saturated heterocycles. The number of aromatic nitrogens is 2. The van der Waals surface area contributed by atoms with Crippen LogP contribution < -0.4 is 16.0 Å². The zero-order valence-corrected chi connectivity index (χ0v) is 16.0. The summed E-state index contributed by atoms with van der Waals surface area (Å²) in [5, 5.41) is 13.4. The predicted octanol–water partition coefficient (Wildman–Crippen LogP) is 3.36. The lowest BCUT2D eigenvalue weighted by Gasteiger charge is -2.22. The molecule has 3 rings (SSSR count). The summed E-state index contributed by atoms with van der Waals surface area (Å²) in [6, 6.07) is 5.05. The van der Waals surface area contributed by atoms with E-state index in [1.54, 1.807) is 29.1 Å². The number of hydrogen-bond donors (Lipinski definition) is 3. The minimum atomic E-state index is -0.464. The lowest BCUT2D eigenvalue weighted by atomic mass is 10.1. The van der Waals surface area contributed by atoms with Gasteiger partial charge in [0.15, 0.2) is 5.82 Å². The molecule has 0 atom stereocenters. The Bertz CT molecular complexity index is 770. The van der Waals surface area contributed by atoms with Crippen molar-refractivity contribution in [2.45, 2.75) is 18.9 Å². The molecule has 3 N–H and O–H groups in total. The normalized spacial score (nSPS) is 14.4. The van der Waals surface area contributed by atoms with Crippen molar-refractivity contribution >= 4 is 59.4 Å². The number of carbonyl (C=O) groups is 2. The number of rotatable bonds is 5. The van der Waals surface area contributed by atoms with Crippen molar-refractivity contribution in [3.8, 4) is 0 Å². The third kappa shape index (κ3) is 4.48. The van der Waals surface area contributed by atoms with Gasteiger partial charge in [0.05, 0.1) is 27.8 Å². The summed E-state index contributed by atoms with van der Waals surface area (Å²) in [7, 11) is 0. The Labute approximate surface area is 166 Å². The van der Waals surface area contributed by atoms with Crippen molar-refractivity contribution in [2.24, 2.45) is 0 Å². The van der Waals surface area contributed by atoms with Gasteiger partial charge in [0.2, 0.25) is 6.41 Å². The van der Waals surface area contributed by atoms with Gasteiger partial charge in [-0.15, -0.1) is 12.4 Å². The van der Waals surface area contributed by atoms with Crippen LogP contribution in [0.4, 0.5) is 11.5 Å². The van der Waals surface area contributed by atoms with Gasteiger partial charge < -0.3 is 16.0 Å². The summed E-state index contributed by atoms with van der Waals surface area (Å²) in [5.41, 5.74) is 0.573. The highest BCUT2D eigenvalue weighted by Crippen LogP contribution is 2.29. The lowest BCUT2D eigenvalue weighted by molar-refractivity contribution is -0.105. The molecule has 0 saturated carbocycles. The van der Waals surface area contributed by atoms with Crippen LogP contribution in [0.1, 0.15) is 29.2 Å². The second-order valence-corrected chi connectivity index (χ2v) is 6.48. The number of benzene rings is 1. The Kier molecular flexibility index (Phi) is 7.28. The zero-order valence-electron chi connectivity index (χ0n) is 13.7.